The first kappa shape index (κ1) is 32.7. The molecular formula is C32H47F5O3S. The highest BCUT2D eigenvalue weighted by Gasteiger charge is 2.58. The monoisotopic (exact) mass is 606 g/mol. The van der Waals surface area contributed by atoms with Gasteiger partial charge in [0, 0.05) is 34.6 Å². The minimum atomic E-state index is -5.55. The highest BCUT2D eigenvalue weighted by molar-refractivity contribution is 7.84. The Morgan fingerprint density at radius 1 is 0.951 bits per heavy atom. The third-order valence-corrected chi connectivity index (χ3v) is 11.9. The molecule has 1 unspecified atom stereocenters. The Kier molecular flexibility index (Phi) is 10.5. The van der Waals surface area contributed by atoms with E-state index >= 15 is 0 Å². The molecule has 2 N–H and O–H groups in total. The molecule has 0 heterocycles. The molecule has 4 aliphatic rings. The number of hydrogen-bond acceptors (Lipinski definition) is 3. The van der Waals surface area contributed by atoms with E-state index in [0.29, 0.717) is 29.4 Å². The van der Waals surface area contributed by atoms with E-state index in [0.717, 1.165) is 56.9 Å². The highest BCUT2D eigenvalue weighted by atomic mass is 32.2. The van der Waals surface area contributed by atoms with Gasteiger partial charge in [0.05, 0.1) is 5.60 Å². The van der Waals surface area contributed by atoms with Crippen LogP contribution in [0.5, 0.6) is 0 Å². The normalized spacial score (nSPS) is 33.9. The van der Waals surface area contributed by atoms with Crippen molar-refractivity contribution in [1.29, 1.82) is 0 Å². The summed E-state index contributed by atoms with van der Waals surface area (Å²) < 4.78 is 74.5. The van der Waals surface area contributed by atoms with Gasteiger partial charge in [-0.1, -0.05) is 57.9 Å². The molecular weight excluding hydrogens is 559 g/mol. The van der Waals surface area contributed by atoms with Crippen molar-refractivity contribution in [2.75, 3.05) is 11.5 Å². The number of rotatable bonds is 14. The molecule has 2 saturated carbocycles. The van der Waals surface area contributed by atoms with Crippen LogP contribution in [0.4, 0.5) is 22.0 Å². The Balaban J connectivity index is 1.17. The molecule has 0 radical (unpaired) electrons. The first-order valence-corrected chi connectivity index (χ1v) is 17.1. The zero-order valence-electron chi connectivity index (χ0n) is 24.2. The number of halogens is 5. The number of aliphatic hydroxyl groups excluding tert-OH is 1. The smallest absolute Gasteiger partial charge is 0.453 e. The van der Waals surface area contributed by atoms with E-state index in [1.165, 1.54) is 25.7 Å². The Morgan fingerprint density at radius 2 is 1.61 bits per heavy atom. The topological polar surface area (TPSA) is 57.5 Å². The van der Waals surface area contributed by atoms with Crippen LogP contribution in [0.15, 0.2) is 35.6 Å². The molecule has 0 aromatic rings. The number of unbranched alkanes of at least 4 members (excludes halogenated alkanes) is 6. The average Bonchev–Trinajstić information content (AvgIpc) is 3.28. The van der Waals surface area contributed by atoms with E-state index in [9.17, 15) is 36.4 Å². The maximum atomic E-state index is 13.0. The zero-order valence-corrected chi connectivity index (χ0v) is 25.1. The largest absolute Gasteiger partial charge is 0.508 e. The minimum Gasteiger partial charge on any atom is -0.508 e. The zero-order chi connectivity index (χ0) is 29.9. The van der Waals surface area contributed by atoms with Crippen molar-refractivity contribution in [3.8, 4) is 0 Å². The Bertz CT molecular complexity index is 1020. The molecule has 0 aromatic heterocycles. The van der Waals surface area contributed by atoms with Gasteiger partial charge in [-0.05, 0) is 91.9 Å². The summed E-state index contributed by atoms with van der Waals surface area (Å²) in [6, 6.07) is 0. The van der Waals surface area contributed by atoms with E-state index < -0.39 is 41.3 Å². The molecule has 0 saturated heterocycles. The molecule has 2 fully saturated rings. The second-order valence-electron chi connectivity index (χ2n) is 13.3. The summed E-state index contributed by atoms with van der Waals surface area (Å²) in [5.41, 5.74) is 0.514. The number of fused-ring (bicyclic) bond motifs is 5. The number of allylic oxidation sites excluding steroid dienone is 4. The van der Waals surface area contributed by atoms with E-state index in [1.54, 1.807) is 0 Å². The maximum absolute atomic E-state index is 13.0. The van der Waals surface area contributed by atoms with Gasteiger partial charge in [-0.25, -0.2) is 0 Å². The predicted octanol–water partition coefficient (Wildman–Crippen LogP) is 8.97. The van der Waals surface area contributed by atoms with Crippen LogP contribution in [0.3, 0.4) is 0 Å². The molecule has 234 valence electrons. The Hall–Kier alpha value is -1.22. The van der Waals surface area contributed by atoms with Crippen molar-refractivity contribution in [3.63, 3.8) is 0 Å². The van der Waals surface area contributed by atoms with Crippen LogP contribution in [-0.4, -0.2) is 43.6 Å². The predicted molar refractivity (Wildman–Crippen MR) is 153 cm³/mol. The quantitative estimate of drug-likeness (QED) is 0.153. The van der Waals surface area contributed by atoms with E-state index in [2.05, 4.69) is 19.1 Å². The van der Waals surface area contributed by atoms with Crippen LogP contribution >= 0.6 is 0 Å². The van der Waals surface area contributed by atoms with Gasteiger partial charge in [0.15, 0.2) is 0 Å². The third kappa shape index (κ3) is 7.66. The molecule has 41 heavy (non-hydrogen) atoms. The standard InChI is InChI=1S/C32H47F5O3S/c1-29-15-9-11-27(29)28-26(14-18-29)25-13-12-24(38)21-23(25)22-30(28,39)16-7-5-3-2-4-6-8-19-41(40)20-10-17-31(33,34)32(35,36)37/h12-13,21-22,25-28,38-39H,2-11,14-20H2,1H3/t25-,26+,27-,28+,29-,30-,41?/m0/s1. The summed E-state index contributed by atoms with van der Waals surface area (Å²) in [5, 5.41) is 22.3. The summed E-state index contributed by atoms with van der Waals surface area (Å²) in [5.74, 6) is -2.80. The van der Waals surface area contributed by atoms with Gasteiger partial charge in [0.25, 0.3) is 0 Å². The van der Waals surface area contributed by atoms with Crippen LogP contribution in [0, 0.1) is 29.1 Å². The lowest BCUT2D eigenvalue weighted by atomic mass is 9.50. The number of aliphatic hydroxyl groups is 2. The summed E-state index contributed by atoms with van der Waals surface area (Å²) in [6.07, 6.45) is 13.8. The van der Waals surface area contributed by atoms with Gasteiger partial charge in [0.1, 0.15) is 5.76 Å². The molecule has 0 bridgehead atoms. The molecule has 0 spiro atoms. The van der Waals surface area contributed by atoms with Crippen LogP contribution in [0.25, 0.3) is 0 Å². The molecule has 4 aliphatic carbocycles. The van der Waals surface area contributed by atoms with Crippen molar-refractivity contribution < 1.29 is 36.4 Å². The lowest BCUT2D eigenvalue weighted by molar-refractivity contribution is -0.284. The first-order chi connectivity index (χ1) is 19.3. The summed E-state index contributed by atoms with van der Waals surface area (Å²) in [4.78, 5) is 0. The SMILES string of the molecule is C[C@@]12CCC[C@H]1[C@H]1[C@H](CC2)[C@H]2C=CC(O)=CC2=C[C@@]1(O)CCCCCCCCCS(=O)CCCC(F)(F)C(F)(F)F. The van der Waals surface area contributed by atoms with Gasteiger partial charge >= 0.3 is 12.1 Å². The Morgan fingerprint density at radius 3 is 2.32 bits per heavy atom. The molecule has 9 heteroatoms. The summed E-state index contributed by atoms with van der Waals surface area (Å²) >= 11 is 0. The fourth-order valence-electron chi connectivity index (χ4n) is 8.31. The molecule has 0 amide bonds. The van der Waals surface area contributed by atoms with Crippen LogP contribution in [0.2, 0.25) is 0 Å². The van der Waals surface area contributed by atoms with E-state index in [-0.39, 0.29) is 23.3 Å². The van der Waals surface area contributed by atoms with Gasteiger partial charge < -0.3 is 10.2 Å². The van der Waals surface area contributed by atoms with Crippen LogP contribution < -0.4 is 0 Å². The minimum absolute atomic E-state index is 0.126. The fourth-order valence-corrected chi connectivity index (χ4v) is 9.51. The highest BCUT2D eigenvalue weighted by Crippen LogP contribution is 2.63. The second-order valence-corrected chi connectivity index (χ2v) is 15.0. The number of alkyl halides is 5. The summed E-state index contributed by atoms with van der Waals surface area (Å²) in [6.45, 7) is 2.42. The van der Waals surface area contributed by atoms with Crippen LogP contribution in [0.1, 0.15) is 103 Å². The molecule has 4 rings (SSSR count). The fraction of sp³-hybridized carbons (Fsp3) is 0.812. The number of hydrogen-bond donors (Lipinski definition) is 2. The maximum Gasteiger partial charge on any atom is 0.453 e. The lowest BCUT2D eigenvalue weighted by Crippen LogP contribution is -2.55. The molecule has 0 aromatic carbocycles. The van der Waals surface area contributed by atoms with Crippen molar-refractivity contribution >= 4 is 10.8 Å². The van der Waals surface area contributed by atoms with Crippen molar-refractivity contribution in [3.05, 3.63) is 35.6 Å². The Labute approximate surface area is 244 Å². The van der Waals surface area contributed by atoms with E-state index in [1.807, 2.05) is 12.2 Å². The van der Waals surface area contributed by atoms with Crippen LogP contribution in [-0.2, 0) is 10.8 Å². The first-order valence-electron chi connectivity index (χ1n) is 15.6. The van der Waals surface area contributed by atoms with Gasteiger partial charge in [-0.3, -0.25) is 4.21 Å². The third-order valence-electron chi connectivity index (χ3n) is 10.5. The average molecular weight is 607 g/mol. The molecule has 0 aliphatic heterocycles. The van der Waals surface area contributed by atoms with Crippen molar-refractivity contribution in [2.24, 2.45) is 29.1 Å². The summed E-state index contributed by atoms with van der Waals surface area (Å²) in [7, 11) is -1.37. The van der Waals surface area contributed by atoms with E-state index in [4.69, 9.17) is 0 Å². The van der Waals surface area contributed by atoms with Gasteiger partial charge in [-0.2, -0.15) is 22.0 Å². The molecule has 3 nitrogen and oxygen atoms in total. The van der Waals surface area contributed by atoms with Gasteiger partial charge in [0.2, 0.25) is 0 Å². The second kappa shape index (κ2) is 13.2. The molecule has 7 atom stereocenters. The van der Waals surface area contributed by atoms with Crippen molar-refractivity contribution in [2.45, 2.75) is 121 Å². The van der Waals surface area contributed by atoms with Crippen molar-refractivity contribution in [1.82, 2.24) is 0 Å². The lowest BCUT2D eigenvalue weighted by Gasteiger charge is -2.56. The van der Waals surface area contributed by atoms with Gasteiger partial charge in [-0.15, -0.1) is 0 Å².